The zero-order valence-electron chi connectivity index (χ0n) is 16.6. The normalized spacial score (nSPS) is 18.6. The lowest BCUT2D eigenvalue weighted by molar-refractivity contribution is -0.142. The molecule has 0 unspecified atom stereocenters. The van der Waals surface area contributed by atoms with E-state index in [9.17, 15) is 22.8 Å². The van der Waals surface area contributed by atoms with E-state index in [0.717, 1.165) is 40.8 Å². The number of nitrogens with two attached hydrogens (primary N) is 1. The number of primary amides is 1. The highest BCUT2D eigenvalue weighted by molar-refractivity contribution is 7.17. The van der Waals surface area contributed by atoms with Gasteiger partial charge in [-0.05, 0) is 56.4 Å². The standard InChI is InChI=1S/C20H23F3N4O2S/c1-10-6-7-12-14(8-10)30-19(16(12)18(24)29)25-15(28)9-27-13-5-3-2-4-11(13)17(26-27)20(21,22)23/h10H,2-9H2,1H3,(H2,24,29)(H,25,28)/t10-/m1/s1. The van der Waals surface area contributed by atoms with Crippen molar-refractivity contribution in [3.63, 3.8) is 0 Å². The fourth-order valence-electron chi connectivity index (χ4n) is 4.43. The molecule has 3 N–H and O–H groups in total. The Morgan fingerprint density at radius 3 is 2.67 bits per heavy atom. The molecule has 2 aromatic rings. The quantitative estimate of drug-likeness (QED) is 0.760. The number of hydrogen-bond donors (Lipinski definition) is 2. The van der Waals surface area contributed by atoms with E-state index >= 15 is 0 Å². The molecule has 4 rings (SSSR count). The number of hydrogen-bond acceptors (Lipinski definition) is 4. The fraction of sp³-hybridized carbons (Fsp3) is 0.550. The highest BCUT2D eigenvalue weighted by Gasteiger charge is 2.39. The first-order valence-corrected chi connectivity index (χ1v) is 10.9. The van der Waals surface area contributed by atoms with E-state index in [1.165, 1.54) is 11.3 Å². The van der Waals surface area contributed by atoms with Crippen molar-refractivity contribution in [3.05, 3.63) is 33.0 Å². The van der Waals surface area contributed by atoms with E-state index in [4.69, 9.17) is 5.73 Å². The van der Waals surface area contributed by atoms with E-state index < -0.39 is 23.7 Å². The van der Waals surface area contributed by atoms with Crippen LogP contribution in [0.1, 0.15) is 63.9 Å². The Balaban J connectivity index is 1.59. The van der Waals surface area contributed by atoms with Gasteiger partial charge in [-0.3, -0.25) is 14.3 Å². The number of carbonyl (C=O) groups excluding carboxylic acids is 2. The molecule has 30 heavy (non-hydrogen) atoms. The second-order valence-corrected chi connectivity index (χ2v) is 9.21. The minimum absolute atomic E-state index is 0.194. The molecule has 2 aromatic heterocycles. The van der Waals surface area contributed by atoms with Gasteiger partial charge in [-0.25, -0.2) is 0 Å². The summed E-state index contributed by atoms with van der Waals surface area (Å²) in [5.41, 5.74) is 6.54. The topological polar surface area (TPSA) is 90.0 Å². The molecule has 0 saturated carbocycles. The smallest absolute Gasteiger partial charge is 0.365 e. The van der Waals surface area contributed by atoms with E-state index in [-0.39, 0.29) is 12.1 Å². The van der Waals surface area contributed by atoms with Crippen LogP contribution in [-0.2, 0) is 43.2 Å². The second kappa shape index (κ2) is 7.72. The van der Waals surface area contributed by atoms with Gasteiger partial charge in [0.1, 0.15) is 11.5 Å². The van der Waals surface area contributed by atoms with Crippen LogP contribution < -0.4 is 11.1 Å². The number of carbonyl (C=O) groups is 2. The molecule has 0 aliphatic heterocycles. The van der Waals surface area contributed by atoms with Crippen LogP contribution in [0.2, 0.25) is 0 Å². The lowest BCUT2D eigenvalue weighted by Gasteiger charge is -2.18. The average Bonchev–Trinajstić information content (AvgIpc) is 3.19. The lowest BCUT2D eigenvalue weighted by atomic mass is 9.88. The van der Waals surface area contributed by atoms with Crippen molar-refractivity contribution < 1.29 is 22.8 Å². The van der Waals surface area contributed by atoms with Gasteiger partial charge in [0.05, 0.1) is 5.56 Å². The zero-order valence-corrected chi connectivity index (χ0v) is 17.4. The Bertz CT molecular complexity index is 1010. The summed E-state index contributed by atoms with van der Waals surface area (Å²) in [5.74, 6) is -0.640. The van der Waals surface area contributed by atoms with Gasteiger partial charge in [0.25, 0.3) is 5.91 Å². The van der Waals surface area contributed by atoms with Gasteiger partial charge >= 0.3 is 6.18 Å². The van der Waals surface area contributed by atoms with Gasteiger partial charge in [-0.2, -0.15) is 18.3 Å². The molecule has 0 aromatic carbocycles. The van der Waals surface area contributed by atoms with Crippen molar-refractivity contribution in [1.82, 2.24) is 9.78 Å². The molecule has 0 fully saturated rings. The van der Waals surface area contributed by atoms with Crippen molar-refractivity contribution >= 4 is 28.2 Å². The van der Waals surface area contributed by atoms with Gasteiger partial charge < -0.3 is 11.1 Å². The molecular weight excluding hydrogens is 417 g/mol. The predicted molar refractivity (Wildman–Crippen MR) is 107 cm³/mol. The van der Waals surface area contributed by atoms with Gasteiger partial charge in [-0.15, -0.1) is 11.3 Å². The minimum atomic E-state index is -4.55. The van der Waals surface area contributed by atoms with Crippen LogP contribution in [0.3, 0.4) is 0 Å². The molecule has 2 amide bonds. The molecule has 0 radical (unpaired) electrons. The third-order valence-corrected chi connectivity index (χ3v) is 7.00. The van der Waals surface area contributed by atoms with Gasteiger partial charge in [0.15, 0.2) is 5.69 Å². The number of nitrogens with zero attached hydrogens (tertiary/aromatic N) is 2. The summed E-state index contributed by atoms with van der Waals surface area (Å²) in [6, 6.07) is 0. The second-order valence-electron chi connectivity index (χ2n) is 8.10. The first-order valence-electron chi connectivity index (χ1n) is 10.0. The molecule has 2 aliphatic rings. The van der Waals surface area contributed by atoms with Gasteiger partial charge in [-0.1, -0.05) is 6.92 Å². The molecule has 2 aliphatic carbocycles. The molecule has 1 atom stereocenters. The number of alkyl halides is 3. The molecule has 0 spiro atoms. The SMILES string of the molecule is C[C@@H]1CCc2c(sc(NC(=O)Cn3nc(C(F)(F)F)c4c3CCCC4)c2C(N)=O)C1. The molecule has 0 bridgehead atoms. The first-order chi connectivity index (χ1) is 14.1. The maximum Gasteiger partial charge on any atom is 0.435 e. The largest absolute Gasteiger partial charge is 0.435 e. The summed E-state index contributed by atoms with van der Waals surface area (Å²) in [6.07, 6.45) is 0.147. The first kappa shape index (κ1) is 20.9. The number of nitrogens with one attached hydrogen (secondary N) is 1. The van der Waals surface area contributed by atoms with Crippen LogP contribution in [0.25, 0.3) is 0 Å². The van der Waals surface area contributed by atoms with Crippen LogP contribution in [0.4, 0.5) is 18.2 Å². The fourth-order valence-corrected chi connectivity index (χ4v) is 5.86. The van der Waals surface area contributed by atoms with E-state index in [2.05, 4.69) is 17.3 Å². The third-order valence-electron chi connectivity index (χ3n) is 5.83. The maximum atomic E-state index is 13.4. The Labute approximate surface area is 175 Å². The number of halogens is 3. The summed E-state index contributed by atoms with van der Waals surface area (Å²) in [7, 11) is 0. The third kappa shape index (κ3) is 3.84. The van der Waals surface area contributed by atoms with Crippen LogP contribution in [0.15, 0.2) is 0 Å². The molecule has 162 valence electrons. The monoisotopic (exact) mass is 440 g/mol. The summed E-state index contributed by atoms with van der Waals surface area (Å²) in [5, 5.41) is 6.80. The van der Waals surface area contributed by atoms with E-state index in [1.807, 2.05) is 0 Å². The number of rotatable bonds is 4. The summed E-state index contributed by atoms with van der Waals surface area (Å²) in [4.78, 5) is 25.7. The van der Waals surface area contributed by atoms with Crippen molar-refractivity contribution in [2.75, 3.05) is 5.32 Å². The van der Waals surface area contributed by atoms with Crippen LogP contribution in [0, 0.1) is 5.92 Å². The average molecular weight is 440 g/mol. The molecule has 2 heterocycles. The van der Waals surface area contributed by atoms with Crippen molar-refractivity contribution in [1.29, 1.82) is 0 Å². The summed E-state index contributed by atoms with van der Waals surface area (Å²) in [6.45, 7) is 1.79. The maximum absolute atomic E-state index is 13.4. The van der Waals surface area contributed by atoms with Crippen molar-refractivity contribution in [2.45, 2.75) is 64.6 Å². The minimum Gasteiger partial charge on any atom is -0.365 e. The number of amides is 2. The number of anilines is 1. The Morgan fingerprint density at radius 2 is 1.97 bits per heavy atom. The van der Waals surface area contributed by atoms with Crippen molar-refractivity contribution in [3.8, 4) is 0 Å². The van der Waals surface area contributed by atoms with Gasteiger partial charge in [0.2, 0.25) is 5.91 Å². The molecular formula is C20H23F3N4O2S. The molecule has 6 nitrogen and oxygen atoms in total. The number of fused-ring (bicyclic) bond motifs is 2. The lowest BCUT2D eigenvalue weighted by Crippen LogP contribution is -2.23. The summed E-state index contributed by atoms with van der Waals surface area (Å²) < 4.78 is 41.2. The van der Waals surface area contributed by atoms with E-state index in [0.29, 0.717) is 41.4 Å². The van der Waals surface area contributed by atoms with Crippen molar-refractivity contribution in [2.24, 2.45) is 11.7 Å². The van der Waals surface area contributed by atoms with Crippen LogP contribution >= 0.6 is 11.3 Å². The van der Waals surface area contributed by atoms with Gasteiger partial charge in [0, 0.05) is 16.1 Å². The molecule has 10 heteroatoms. The Kier molecular flexibility index (Phi) is 5.37. The Morgan fingerprint density at radius 1 is 1.23 bits per heavy atom. The van der Waals surface area contributed by atoms with Crippen LogP contribution in [-0.4, -0.2) is 21.6 Å². The summed E-state index contributed by atoms with van der Waals surface area (Å²) >= 11 is 1.33. The molecule has 0 saturated heterocycles. The highest BCUT2D eigenvalue weighted by atomic mass is 32.1. The highest BCUT2D eigenvalue weighted by Crippen LogP contribution is 2.40. The van der Waals surface area contributed by atoms with Crippen LogP contribution in [0.5, 0.6) is 0 Å². The number of aromatic nitrogens is 2. The predicted octanol–water partition coefficient (Wildman–Crippen LogP) is 3.70. The van der Waals surface area contributed by atoms with E-state index in [1.54, 1.807) is 0 Å². The zero-order chi connectivity index (χ0) is 21.6. The Hall–Kier alpha value is -2.36. The number of thiophene rings is 1.